The number of ketones is 1. The van der Waals surface area contributed by atoms with Crippen LogP contribution in [0.3, 0.4) is 0 Å². The Bertz CT molecular complexity index is 960. The Kier molecular flexibility index (Phi) is 8.52. The summed E-state index contributed by atoms with van der Waals surface area (Å²) in [4.78, 5) is 51.0. The van der Waals surface area contributed by atoms with Crippen molar-refractivity contribution < 1.29 is 24.3 Å². The first-order chi connectivity index (χ1) is 15.5. The van der Waals surface area contributed by atoms with Crippen LogP contribution in [0.25, 0.3) is 0 Å². The second kappa shape index (κ2) is 11.5. The number of hydrogen-bond donors (Lipinski definition) is 3. The highest BCUT2D eigenvalue weighted by molar-refractivity contribution is 7.12. The van der Waals surface area contributed by atoms with Gasteiger partial charge >= 0.3 is 0 Å². The van der Waals surface area contributed by atoms with Crippen LogP contribution in [-0.2, 0) is 20.8 Å². The number of Topliss-reactive ketones (excluding diaryl/α,β-unsaturated/α-hetero) is 1. The largest absolute Gasteiger partial charge is 0.387 e. The predicted molar refractivity (Wildman–Crippen MR) is 120 cm³/mol. The molecule has 2 heterocycles. The van der Waals surface area contributed by atoms with Gasteiger partial charge in [0.15, 0.2) is 5.78 Å². The van der Waals surface area contributed by atoms with Gasteiger partial charge in [-0.3, -0.25) is 19.2 Å². The zero-order chi connectivity index (χ0) is 22.9. The van der Waals surface area contributed by atoms with E-state index in [2.05, 4.69) is 10.6 Å². The zero-order valence-electron chi connectivity index (χ0n) is 17.7. The van der Waals surface area contributed by atoms with Crippen molar-refractivity contribution in [2.45, 2.75) is 31.7 Å². The standard InChI is InChI=1S/C23H27N3O5S/c27-15-22(30)24-11-9-21(29)25-14-18-17-5-2-1-4-16(17)10-12-26(18)23(31)8-7-19(28)20-6-3-13-32-20/h1-6,13,18,27H,7-12,14-15H2,(H,24,30)(H,25,29). The van der Waals surface area contributed by atoms with Crippen molar-refractivity contribution in [2.24, 2.45) is 0 Å². The van der Waals surface area contributed by atoms with E-state index in [4.69, 9.17) is 5.11 Å². The third-order valence-corrected chi connectivity index (χ3v) is 6.32. The van der Waals surface area contributed by atoms with Crippen molar-refractivity contribution in [1.29, 1.82) is 0 Å². The number of hydrogen-bond acceptors (Lipinski definition) is 6. The van der Waals surface area contributed by atoms with E-state index in [9.17, 15) is 19.2 Å². The minimum Gasteiger partial charge on any atom is -0.387 e. The topological polar surface area (TPSA) is 116 Å². The van der Waals surface area contributed by atoms with Gasteiger partial charge in [0, 0.05) is 38.9 Å². The first-order valence-electron chi connectivity index (χ1n) is 10.6. The number of carbonyl (C=O) groups excluding carboxylic acids is 4. The van der Waals surface area contributed by atoms with E-state index >= 15 is 0 Å². The molecule has 0 radical (unpaired) electrons. The molecule has 0 bridgehead atoms. The van der Waals surface area contributed by atoms with Crippen molar-refractivity contribution in [2.75, 3.05) is 26.2 Å². The van der Waals surface area contributed by atoms with Gasteiger partial charge < -0.3 is 20.6 Å². The monoisotopic (exact) mass is 457 g/mol. The van der Waals surface area contributed by atoms with Crippen LogP contribution in [-0.4, -0.2) is 59.8 Å². The zero-order valence-corrected chi connectivity index (χ0v) is 18.5. The minimum absolute atomic E-state index is 0.0412. The Balaban J connectivity index is 1.61. The minimum atomic E-state index is -0.619. The molecule has 1 aromatic heterocycles. The number of nitrogens with zero attached hydrogens (tertiary/aromatic N) is 1. The average molecular weight is 458 g/mol. The summed E-state index contributed by atoms with van der Waals surface area (Å²) < 4.78 is 0. The number of thiophene rings is 1. The van der Waals surface area contributed by atoms with Gasteiger partial charge in [-0.05, 0) is 29.0 Å². The van der Waals surface area contributed by atoms with E-state index in [1.54, 1.807) is 11.0 Å². The maximum atomic E-state index is 13.0. The predicted octanol–water partition coefficient (Wildman–Crippen LogP) is 1.45. The van der Waals surface area contributed by atoms with Crippen molar-refractivity contribution >= 4 is 34.8 Å². The molecular formula is C23H27N3O5S. The number of amides is 3. The summed E-state index contributed by atoms with van der Waals surface area (Å²) in [7, 11) is 0. The van der Waals surface area contributed by atoms with Crippen molar-refractivity contribution in [3.63, 3.8) is 0 Å². The fourth-order valence-electron chi connectivity index (χ4n) is 3.76. The Morgan fingerprint density at radius 1 is 1.00 bits per heavy atom. The number of aliphatic hydroxyl groups excluding tert-OH is 1. The van der Waals surface area contributed by atoms with E-state index in [0.29, 0.717) is 11.4 Å². The maximum Gasteiger partial charge on any atom is 0.245 e. The van der Waals surface area contributed by atoms with E-state index in [0.717, 1.165) is 17.5 Å². The second-order valence-electron chi connectivity index (χ2n) is 7.51. The van der Waals surface area contributed by atoms with Crippen molar-refractivity contribution in [1.82, 2.24) is 15.5 Å². The highest BCUT2D eigenvalue weighted by atomic mass is 32.1. The fraction of sp³-hybridized carbons (Fsp3) is 0.391. The number of benzene rings is 1. The van der Waals surface area contributed by atoms with Crippen molar-refractivity contribution in [3.8, 4) is 0 Å². The molecule has 1 unspecified atom stereocenters. The maximum absolute atomic E-state index is 13.0. The van der Waals surface area contributed by atoms with Gasteiger partial charge in [0.1, 0.15) is 6.61 Å². The average Bonchev–Trinajstić information content (AvgIpc) is 3.35. The molecule has 3 amide bonds. The van der Waals surface area contributed by atoms with E-state index in [1.165, 1.54) is 11.3 Å². The smallest absolute Gasteiger partial charge is 0.245 e. The first-order valence-corrected chi connectivity index (χ1v) is 11.5. The van der Waals surface area contributed by atoms with Crippen LogP contribution in [0.1, 0.15) is 46.1 Å². The number of nitrogens with one attached hydrogen (secondary N) is 2. The summed E-state index contributed by atoms with van der Waals surface area (Å²) in [6.45, 7) is 0.275. The third-order valence-electron chi connectivity index (χ3n) is 5.41. The molecule has 0 saturated heterocycles. The Morgan fingerprint density at radius 3 is 2.56 bits per heavy atom. The summed E-state index contributed by atoms with van der Waals surface area (Å²) in [6, 6.07) is 11.1. The van der Waals surface area contributed by atoms with Gasteiger partial charge in [-0.15, -0.1) is 11.3 Å². The number of fused-ring (bicyclic) bond motifs is 1. The summed E-state index contributed by atoms with van der Waals surface area (Å²) in [6.07, 6.45) is 1.07. The molecule has 0 saturated carbocycles. The highest BCUT2D eigenvalue weighted by Crippen LogP contribution is 2.30. The molecule has 9 heteroatoms. The summed E-state index contributed by atoms with van der Waals surface area (Å²) in [5.74, 6) is -0.946. The molecule has 170 valence electrons. The van der Waals surface area contributed by atoms with Crippen LogP contribution in [0.15, 0.2) is 41.8 Å². The fourth-order valence-corrected chi connectivity index (χ4v) is 4.46. The van der Waals surface area contributed by atoms with Gasteiger partial charge in [0.05, 0.1) is 10.9 Å². The van der Waals surface area contributed by atoms with Crippen LogP contribution >= 0.6 is 11.3 Å². The molecular weight excluding hydrogens is 430 g/mol. The molecule has 8 nitrogen and oxygen atoms in total. The lowest BCUT2D eigenvalue weighted by Gasteiger charge is -2.37. The van der Waals surface area contributed by atoms with E-state index in [-0.39, 0.29) is 56.0 Å². The van der Waals surface area contributed by atoms with Gasteiger partial charge in [-0.1, -0.05) is 30.3 Å². The van der Waals surface area contributed by atoms with Gasteiger partial charge in [-0.2, -0.15) is 0 Å². The Morgan fingerprint density at radius 2 is 1.81 bits per heavy atom. The normalized spacial score (nSPS) is 15.0. The lowest BCUT2D eigenvalue weighted by atomic mass is 9.92. The Hall–Kier alpha value is -3.04. The highest BCUT2D eigenvalue weighted by Gasteiger charge is 2.31. The van der Waals surface area contributed by atoms with Crippen LogP contribution in [0.4, 0.5) is 0 Å². The lowest BCUT2D eigenvalue weighted by Crippen LogP contribution is -2.45. The first kappa shape index (κ1) is 23.6. The SMILES string of the molecule is O=C(CO)NCCC(=O)NCC1c2ccccc2CCN1C(=O)CCC(=O)c1cccs1. The Labute approximate surface area is 190 Å². The van der Waals surface area contributed by atoms with Crippen LogP contribution < -0.4 is 10.6 Å². The number of carbonyl (C=O) groups is 4. The van der Waals surface area contributed by atoms with Gasteiger partial charge in [0.2, 0.25) is 17.7 Å². The van der Waals surface area contributed by atoms with Crippen LogP contribution in [0, 0.1) is 0 Å². The number of rotatable bonds is 10. The molecule has 1 aliphatic rings. The van der Waals surface area contributed by atoms with Crippen molar-refractivity contribution in [3.05, 3.63) is 57.8 Å². The van der Waals surface area contributed by atoms with Gasteiger partial charge in [-0.25, -0.2) is 0 Å². The molecule has 3 N–H and O–H groups in total. The molecule has 1 atom stereocenters. The molecule has 3 rings (SSSR count). The van der Waals surface area contributed by atoms with Gasteiger partial charge in [0.25, 0.3) is 0 Å². The molecule has 32 heavy (non-hydrogen) atoms. The third kappa shape index (κ3) is 6.24. The molecule has 1 aromatic carbocycles. The summed E-state index contributed by atoms with van der Waals surface area (Å²) >= 11 is 1.37. The van der Waals surface area contributed by atoms with Crippen LogP contribution in [0.2, 0.25) is 0 Å². The number of aliphatic hydroxyl groups is 1. The molecule has 0 spiro atoms. The van der Waals surface area contributed by atoms with E-state index < -0.39 is 12.5 Å². The summed E-state index contributed by atoms with van der Waals surface area (Å²) in [5, 5.41) is 15.8. The quantitative estimate of drug-likeness (QED) is 0.467. The lowest BCUT2D eigenvalue weighted by molar-refractivity contribution is -0.134. The van der Waals surface area contributed by atoms with E-state index in [1.807, 2.05) is 35.7 Å². The molecule has 2 aromatic rings. The molecule has 1 aliphatic heterocycles. The molecule has 0 aliphatic carbocycles. The second-order valence-corrected chi connectivity index (χ2v) is 8.46. The van der Waals surface area contributed by atoms with Crippen LogP contribution in [0.5, 0.6) is 0 Å². The summed E-state index contributed by atoms with van der Waals surface area (Å²) in [5.41, 5.74) is 2.13. The molecule has 0 fully saturated rings.